The van der Waals surface area contributed by atoms with Crippen molar-refractivity contribution < 1.29 is 9.53 Å². The Bertz CT molecular complexity index is 365. The summed E-state index contributed by atoms with van der Waals surface area (Å²) in [6.45, 7) is 1.98. The van der Waals surface area contributed by atoms with Crippen molar-refractivity contribution in [1.29, 1.82) is 5.26 Å². The van der Waals surface area contributed by atoms with Gasteiger partial charge in [0.05, 0.1) is 12.2 Å². The van der Waals surface area contributed by atoms with Gasteiger partial charge in [0.25, 0.3) is 0 Å². The molecule has 0 aliphatic carbocycles. The molecule has 0 saturated heterocycles. The molecule has 1 aromatic rings. The summed E-state index contributed by atoms with van der Waals surface area (Å²) in [6, 6.07) is 1.89. The maximum Gasteiger partial charge on any atom is 0.342 e. The third kappa shape index (κ3) is 1.79. The lowest BCUT2D eigenvalue weighted by Gasteiger charge is -2.00. The van der Waals surface area contributed by atoms with Crippen molar-refractivity contribution >= 4 is 22.3 Å². The summed E-state index contributed by atoms with van der Waals surface area (Å²) in [6.07, 6.45) is 0. The number of esters is 1. The predicted octanol–water partition coefficient (Wildman–Crippen LogP) is 1.38. The van der Waals surface area contributed by atoms with Gasteiger partial charge in [0.15, 0.2) is 0 Å². The Morgan fingerprint density at radius 3 is 3.08 bits per heavy atom. The molecule has 0 saturated carbocycles. The summed E-state index contributed by atoms with van der Waals surface area (Å²) < 4.78 is 4.75. The van der Waals surface area contributed by atoms with E-state index >= 15 is 0 Å². The van der Waals surface area contributed by atoms with Crippen molar-refractivity contribution in [3.05, 3.63) is 16.5 Å². The number of nitrogen functional groups attached to an aromatic ring is 1. The summed E-state index contributed by atoms with van der Waals surface area (Å²) in [5, 5.41) is 10.5. The van der Waals surface area contributed by atoms with Crippen LogP contribution in [0.1, 0.15) is 22.8 Å². The number of ether oxygens (including phenoxy) is 1. The van der Waals surface area contributed by atoms with Gasteiger partial charge in [-0.2, -0.15) is 5.26 Å². The minimum atomic E-state index is -0.530. The van der Waals surface area contributed by atoms with Crippen LogP contribution >= 0.6 is 11.3 Å². The van der Waals surface area contributed by atoms with E-state index in [1.54, 1.807) is 12.3 Å². The van der Waals surface area contributed by atoms with Gasteiger partial charge < -0.3 is 10.5 Å². The van der Waals surface area contributed by atoms with Crippen molar-refractivity contribution in [2.45, 2.75) is 6.92 Å². The first-order valence-electron chi connectivity index (χ1n) is 3.64. The first-order chi connectivity index (χ1) is 6.20. The Balaban J connectivity index is 3.05. The van der Waals surface area contributed by atoms with Crippen molar-refractivity contribution in [3.8, 4) is 6.07 Å². The first kappa shape index (κ1) is 9.55. The van der Waals surface area contributed by atoms with Crippen LogP contribution in [0.2, 0.25) is 0 Å². The molecule has 5 heteroatoms. The van der Waals surface area contributed by atoms with E-state index in [0.29, 0.717) is 5.00 Å². The molecule has 0 aliphatic heterocycles. The Morgan fingerprint density at radius 2 is 2.54 bits per heavy atom. The topological polar surface area (TPSA) is 76.1 Å². The summed E-state index contributed by atoms with van der Waals surface area (Å²) >= 11 is 1.16. The van der Waals surface area contributed by atoms with Gasteiger partial charge in [-0.1, -0.05) is 0 Å². The molecule has 1 aromatic heterocycles. The number of thiophene rings is 1. The Morgan fingerprint density at radius 1 is 1.85 bits per heavy atom. The lowest BCUT2D eigenvalue weighted by atomic mass is 10.2. The molecule has 0 aliphatic rings. The summed E-state index contributed by atoms with van der Waals surface area (Å²) in [4.78, 5) is 11.3. The van der Waals surface area contributed by atoms with E-state index in [-0.39, 0.29) is 17.7 Å². The van der Waals surface area contributed by atoms with E-state index in [1.165, 1.54) is 0 Å². The van der Waals surface area contributed by atoms with Crippen LogP contribution in [-0.2, 0) is 4.74 Å². The maximum atomic E-state index is 11.3. The molecule has 68 valence electrons. The van der Waals surface area contributed by atoms with E-state index in [4.69, 9.17) is 15.7 Å². The molecule has 0 amide bonds. The largest absolute Gasteiger partial charge is 0.462 e. The molecule has 13 heavy (non-hydrogen) atoms. The second-order valence-corrected chi connectivity index (χ2v) is 3.13. The number of carbonyl (C=O) groups excluding carboxylic acids is 1. The number of hydrogen-bond acceptors (Lipinski definition) is 5. The van der Waals surface area contributed by atoms with E-state index < -0.39 is 5.97 Å². The van der Waals surface area contributed by atoms with Gasteiger partial charge in [-0.25, -0.2) is 4.79 Å². The van der Waals surface area contributed by atoms with Crippen LogP contribution in [0.3, 0.4) is 0 Å². The van der Waals surface area contributed by atoms with Crippen LogP contribution in [0.4, 0.5) is 5.00 Å². The van der Waals surface area contributed by atoms with Gasteiger partial charge in [-0.3, -0.25) is 0 Å². The Labute approximate surface area is 79.5 Å². The molecule has 0 aromatic carbocycles. The highest BCUT2D eigenvalue weighted by molar-refractivity contribution is 7.14. The van der Waals surface area contributed by atoms with Crippen LogP contribution in [0, 0.1) is 11.3 Å². The van der Waals surface area contributed by atoms with Crippen molar-refractivity contribution in [1.82, 2.24) is 0 Å². The molecule has 4 nitrogen and oxygen atoms in total. The fourth-order valence-corrected chi connectivity index (χ4v) is 1.60. The quantitative estimate of drug-likeness (QED) is 0.725. The van der Waals surface area contributed by atoms with Crippen molar-refractivity contribution in [3.63, 3.8) is 0 Å². The highest BCUT2D eigenvalue weighted by Gasteiger charge is 2.17. The van der Waals surface area contributed by atoms with Crippen molar-refractivity contribution in [2.75, 3.05) is 12.3 Å². The summed E-state index contributed by atoms with van der Waals surface area (Å²) in [5.41, 5.74) is 5.98. The second-order valence-electron chi connectivity index (χ2n) is 2.22. The minimum Gasteiger partial charge on any atom is -0.462 e. The van der Waals surface area contributed by atoms with Crippen LogP contribution in [0.25, 0.3) is 0 Å². The molecule has 0 unspecified atom stereocenters. The summed E-state index contributed by atoms with van der Waals surface area (Å²) in [7, 11) is 0. The molecule has 0 radical (unpaired) electrons. The second kappa shape index (κ2) is 3.92. The zero-order valence-corrected chi connectivity index (χ0v) is 7.85. The zero-order chi connectivity index (χ0) is 9.84. The van der Waals surface area contributed by atoms with Crippen LogP contribution in [0.5, 0.6) is 0 Å². The molecule has 2 N–H and O–H groups in total. The van der Waals surface area contributed by atoms with Crippen LogP contribution < -0.4 is 5.73 Å². The van der Waals surface area contributed by atoms with Gasteiger partial charge in [0.2, 0.25) is 0 Å². The number of carbonyl (C=O) groups is 1. The van der Waals surface area contributed by atoms with Crippen LogP contribution in [-0.4, -0.2) is 12.6 Å². The molecular formula is C8H8N2O2S. The normalized spacial score (nSPS) is 9.23. The highest BCUT2D eigenvalue weighted by atomic mass is 32.1. The molecule has 1 heterocycles. The van der Waals surface area contributed by atoms with E-state index in [0.717, 1.165) is 11.3 Å². The molecule has 1 rings (SSSR count). The van der Waals surface area contributed by atoms with Gasteiger partial charge in [-0.15, -0.1) is 11.3 Å². The molecule has 0 fully saturated rings. The molecule has 0 atom stereocenters. The van der Waals surface area contributed by atoms with Gasteiger partial charge in [-0.05, 0) is 6.92 Å². The van der Waals surface area contributed by atoms with Crippen LogP contribution in [0.15, 0.2) is 5.38 Å². The molecular weight excluding hydrogens is 188 g/mol. The highest BCUT2D eigenvalue weighted by Crippen LogP contribution is 2.25. The maximum absolute atomic E-state index is 11.3. The summed E-state index contributed by atoms with van der Waals surface area (Å²) in [5.74, 6) is -0.530. The van der Waals surface area contributed by atoms with Gasteiger partial charge >= 0.3 is 5.97 Å². The SMILES string of the molecule is CCOC(=O)c1c(C#N)csc1N. The number of nitrogens with two attached hydrogens (primary N) is 1. The number of rotatable bonds is 2. The van der Waals surface area contributed by atoms with Crippen molar-refractivity contribution in [2.24, 2.45) is 0 Å². The zero-order valence-electron chi connectivity index (χ0n) is 7.03. The number of nitriles is 1. The van der Waals surface area contributed by atoms with E-state index in [2.05, 4.69) is 0 Å². The van der Waals surface area contributed by atoms with E-state index in [1.807, 2.05) is 6.07 Å². The third-order valence-electron chi connectivity index (χ3n) is 1.42. The fraction of sp³-hybridized carbons (Fsp3) is 0.250. The molecule has 0 spiro atoms. The smallest absolute Gasteiger partial charge is 0.342 e. The monoisotopic (exact) mass is 196 g/mol. The molecule has 0 bridgehead atoms. The Hall–Kier alpha value is -1.54. The lowest BCUT2D eigenvalue weighted by Crippen LogP contribution is -2.07. The average molecular weight is 196 g/mol. The Kier molecular flexibility index (Phi) is 2.88. The lowest BCUT2D eigenvalue weighted by molar-refractivity contribution is 0.0528. The number of anilines is 1. The van der Waals surface area contributed by atoms with E-state index in [9.17, 15) is 4.79 Å². The number of hydrogen-bond donors (Lipinski definition) is 1. The fourth-order valence-electron chi connectivity index (χ4n) is 0.869. The number of nitrogens with zero attached hydrogens (tertiary/aromatic N) is 1. The average Bonchev–Trinajstić information content (AvgIpc) is 2.47. The van der Waals surface area contributed by atoms with Gasteiger partial charge in [0, 0.05) is 5.38 Å². The first-order valence-corrected chi connectivity index (χ1v) is 4.52. The van der Waals surface area contributed by atoms with Gasteiger partial charge in [0.1, 0.15) is 16.6 Å². The minimum absolute atomic E-state index is 0.189. The third-order valence-corrected chi connectivity index (χ3v) is 2.23. The predicted molar refractivity (Wildman–Crippen MR) is 49.4 cm³/mol. The standard InChI is InChI=1S/C8H8N2O2S/c1-2-12-8(11)6-5(3-9)4-13-7(6)10/h4H,2,10H2,1H3.